The van der Waals surface area contributed by atoms with Gasteiger partial charge in [-0.3, -0.25) is 13.9 Å². The lowest BCUT2D eigenvalue weighted by Gasteiger charge is -2.32. The Hall–Kier alpha value is -3.27. The predicted molar refractivity (Wildman–Crippen MR) is 158 cm³/mol. The summed E-state index contributed by atoms with van der Waals surface area (Å²) in [5.41, 5.74) is 1.52. The zero-order chi connectivity index (χ0) is 29.4. The van der Waals surface area contributed by atoms with E-state index in [9.17, 15) is 18.0 Å². The maximum absolute atomic E-state index is 14.0. The van der Waals surface area contributed by atoms with Gasteiger partial charge in [-0.1, -0.05) is 59.1 Å². The lowest BCUT2D eigenvalue weighted by atomic mass is 10.1. The highest BCUT2D eigenvalue weighted by Crippen LogP contribution is 2.33. The van der Waals surface area contributed by atoms with Crippen molar-refractivity contribution in [2.75, 3.05) is 24.0 Å². The SMILES string of the molecule is CCNC(=O)[C@H](C)N(Cc1c(Cl)cccc1Cl)C(=O)CN(c1ccccc1OCC)S(=O)(=O)c1ccc(C)cc1. The van der Waals surface area contributed by atoms with Crippen LogP contribution in [-0.4, -0.2) is 50.9 Å². The number of nitrogens with zero attached hydrogens (tertiary/aromatic N) is 2. The second-order valence-corrected chi connectivity index (χ2v) is 11.7. The molecular formula is C29H33Cl2N3O5S. The van der Waals surface area contributed by atoms with Gasteiger partial charge in [0.05, 0.1) is 17.2 Å². The van der Waals surface area contributed by atoms with Crippen LogP contribution in [0.4, 0.5) is 5.69 Å². The van der Waals surface area contributed by atoms with Gasteiger partial charge < -0.3 is 15.0 Å². The molecular weight excluding hydrogens is 573 g/mol. The van der Waals surface area contributed by atoms with Crippen LogP contribution in [0.2, 0.25) is 10.0 Å². The van der Waals surface area contributed by atoms with E-state index in [2.05, 4.69) is 5.32 Å². The summed E-state index contributed by atoms with van der Waals surface area (Å²) in [5, 5.41) is 3.35. The number of halogens is 2. The first-order valence-electron chi connectivity index (χ1n) is 12.8. The molecule has 0 aliphatic heterocycles. The van der Waals surface area contributed by atoms with Gasteiger partial charge in [0.15, 0.2) is 0 Å². The molecule has 0 saturated heterocycles. The number of sulfonamides is 1. The number of hydrogen-bond acceptors (Lipinski definition) is 5. The van der Waals surface area contributed by atoms with Crippen molar-refractivity contribution < 1.29 is 22.7 Å². The summed E-state index contributed by atoms with van der Waals surface area (Å²) >= 11 is 12.8. The second kappa shape index (κ2) is 13.9. The number of para-hydroxylation sites is 2. The van der Waals surface area contributed by atoms with Crippen LogP contribution in [0.15, 0.2) is 71.6 Å². The second-order valence-electron chi connectivity index (χ2n) is 9.02. The summed E-state index contributed by atoms with van der Waals surface area (Å²) in [6.45, 7) is 6.89. The zero-order valence-electron chi connectivity index (χ0n) is 22.9. The third-order valence-electron chi connectivity index (χ3n) is 6.23. The molecule has 0 radical (unpaired) electrons. The third kappa shape index (κ3) is 7.27. The Labute approximate surface area is 245 Å². The number of ether oxygens (including phenoxy) is 1. The number of nitrogens with one attached hydrogen (secondary N) is 1. The highest BCUT2D eigenvalue weighted by atomic mass is 35.5. The van der Waals surface area contributed by atoms with Crippen LogP contribution in [0.25, 0.3) is 0 Å². The topological polar surface area (TPSA) is 96.0 Å². The van der Waals surface area contributed by atoms with Gasteiger partial charge in [-0.05, 0) is 64.1 Å². The van der Waals surface area contributed by atoms with Crippen LogP contribution in [0.1, 0.15) is 31.9 Å². The molecule has 214 valence electrons. The summed E-state index contributed by atoms with van der Waals surface area (Å²) in [4.78, 5) is 28.2. The van der Waals surface area contributed by atoms with Gasteiger partial charge in [0.1, 0.15) is 18.3 Å². The molecule has 0 spiro atoms. The number of amides is 2. The number of carbonyl (C=O) groups excluding carboxylic acids is 2. The van der Waals surface area contributed by atoms with Gasteiger partial charge in [0.25, 0.3) is 10.0 Å². The smallest absolute Gasteiger partial charge is 0.264 e. The molecule has 0 saturated carbocycles. The van der Waals surface area contributed by atoms with Crippen molar-refractivity contribution in [1.29, 1.82) is 0 Å². The Balaban J connectivity index is 2.12. The number of aryl methyl sites for hydroxylation is 1. The molecule has 3 rings (SSSR count). The molecule has 0 heterocycles. The number of rotatable bonds is 12. The zero-order valence-corrected chi connectivity index (χ0v) is 25.2. The fourth-order valence-corrected chi connectivity index (χ4v) is 5.99. The fourth-order valence-electron chi connectivity index (χ4n) is 4.05. The van der Waals surface area contributed by atoms with Crippen molar-refractivity contribution >= 4 is 50.7 Å². The first kappa shape index (κ1) is 31.3. The van der Waals surface area contributed by atoms with Crippen LogP contribution in [-0.2, 0) is 26.2 Å². The van der Waals surface area contributed by atoms with Crippen LogP contribution < -0.4 is 14.4 Å². The van der Waals surface area contributed by atoms with Crippen LogP contribution in [0.5, 0.6) is 5.75 Å². The lowest BCUT2D eigenvalue weighted by molar-refractivity contribution is -0.139. The fraction of sp³-hybridized carbons (Fsp3) is 0.310. The molecule has 0 aliphatic rings. The van der Waals surface area contributed by atoms with Gasteiger partial charge >= 0.3 is 0 Å². The van der Waals surface area contributed by atoms with Crippen molar-refractivity contribution in [3.8, 4) is 5.75 Å². The van der Waals surface area contributed by atoms with E-state index in [1.165, 1.54) is 17.0 Å². The highest BCUT2D eigenvalue weighted by molar-refractivity contribution is 7.92. The van der Waals surface area contributed by atoms with Gasteiger partial charge in [0.2, 0.25) is 11.8 Å². The Morgan fingerprint density at radius 1 is 0.950 bits per heavy atom. The van der Waals surface area contributed by atoms with Crippen molar-refractivity contribution in [2.24, 2.45) is 0 Å². The van der Waals surface area contributed by atoms with E-state index in [0.29, 0.717) is 27.9 Å². The molecule has 1 N–H and O–H groups in total. The van der Waals surface area contributed by atoms with E-state index in [0.717, 1.165) is 9.87 Å². The Kier molecular flexibility index (Phi) is 10.8. The van der Waals surface area contributed by atoms with Gasteiger partial charge in [-0.2, -0.15) is 0 Å². The van der Waals surface area contributed by atoms with Gasteiger partial charge in [-0.25, -0.2) is 8.42 Å². The standard InChI is InChI=1S/C29H33Cl2N3O5S/c1-5-32-29(36)21(4)33(18-23-24(30)10-9-11-25(23)31)28(35)19-34(26-12-7-8-13-27(26)39-6-2)40(37,38)22-16-14-20(3)15-17-22/h7-17,21H,5-6,18-19H2,1-4H3,(H,32,36)/t21-/m0/s1. The van der Waals surface area contributed by atoms with Gasteiger partial charge in [-0.15, -0.1) is 0 Å². The number of benzene rings is 3. The number of hydrogen-bond donors (Lipinski definition) is 1. The average molecular weight is 607 g/mol. The average Bonchev–Trinajstić information content (AvgIpc) is 2.92. The van der Waals surface area contributed by atoms with Crippen molar-refractivity contribution in [3.63, 3.8) is 0 Å². The minimum absolute atomic E-state index is 0.00896. The normalized spacial score (nSPS) is 11.9. The molecule has 0 aromatic heterocycles. The Morgan fingerprint density at radius 3 is 2.17 bits per heavy atom. The van der Waals surface area contributed by atoms with Gasteiger partial charge in [0, 0.05) is 28.7 Å². The summed E-state index contributed by atoms with van der Waals surface area (Å²) in [5.74, 6) is -0.732. The van der Waals surface area contributed by atoms with E-state index < -0.39 is 34.4 Å². The number of anilines is 1. The van der Waals surface area contributed by atoms with E-state index >= 15 is 0 Å². The van der Waals surface area contributed by atoms with E-state index in [1.54, 1.807) is 75.4 Å². The lowest BCUT2D eigenvalue weighted by Crippen LogP contribution is -2.51. The minimum Gasteiger partial charge on any atom is -0.492 e. The largest absolute Gasteiger partial charge is 0.492 e. The van der Waals surface area contributed by atoms with Crippen LogP contribution >= 0.6 is 23.2 Å². The monoisotopic (exact) mass is 605 g/mol. The van der Waals surface area contributed by atoms with Crippen molar-refractivity contribution in [1.82, 2.24) is 10.2 Å². The molecule has 1 atom stereocenters. The molecule has 2 amide bonds. The van der Waals surface area contributed by atoms with E-state index in [4.69, 9.17) is 27.9 Å². The molecule has 11 heteroatoms. The predicted octanol–water partition coefficient (Wildman–Crippen LogP) is 5.45. The first-order valence-corrected chi connectivity index (χ1v) is 15.0. The molecule has 3 aromatic carbocycles. The first-order chi connectivity index (χ1) is 19.0. The van der Waals surface area contributed by atoms with Crippen LogP contribution in [0, 0.1) is 6.92 Å². The Morgan fingerprint density at radius 2 is 1.57 bits per heavy atom. The molecule has 3 aromatic rings. The number of likely N-dealkylation sites (N-methyl/N-ethyl adjacent to an activating group) is 1. The maximum Gasteiger partial charge on any atom is 0.264 e. The summed E-state index contributed by atoms with van der Waals surface area (Å²) in [7, 11) is -4.23. The summed E-state index contributed by atoms with van der Waals surface area (Å²) in [6.07, 6.45) is 0. The van der Waals surface area contributed by atoms with E-state index in [1.807, 2.05) is 6.92 Å². The quantitative estimate of drug-likeness (QED) is 0.296. The number of carbonyl (C=O) groups is 2. The molecule has 0 unspecified atom stereocenters. The van der Waals surface area contributed by atoms with E-state index in [-0.39, 0.29) is 23.7 Å². The summed E-state index contributed by atoms with van der Waals surface area (Å²) in [6, 6.07) is 16.9. The Bertz CT molecular complexity index is 1430. The molecule has 40 heavy (non-hydrogen) atoms. The summed E-state index contributed by atoms with van der Waals surface area (Å²) < 4.78 is 34.8. The molecule has 0 aliphatic carbocycles. The molecule has 0 bridgehead atoms. The van der Waals surface area contributed by atoms with Crippen molar-refractivity contribution in [2.45, 2.75) is 45.2 Å². The minimum atomic E-state index is -4.23. The van der Waals surface area contributed by atoms with Crippen molar-refractivity contribution in [3.05, 3.63) is 87.9 Å². The highest BCUT2D eigenvalue weighted by Gasteiger charge is 2.34. The molecule has 0 fully saturated rings. The third-order valence-corrected chi connectivity index (χ3v) is 8.71. The molecule has 8 nitrogen and oxygen atoms in total. The van der Waals surface area contributed by atoms with Crippen LogP contribution in [0.3, 0.4) is 0 Å². The maximum atomic E-state index is 14.0.